The number of carbonyl (C=O) groups excluding carboxylic acids is 2. The SMILES string of the molecule is O=C=NC1CCC(C=O)(P(=O)(c2ccccc2)c2ccccc2)CC1. The molecular weight excluding hydrogens is 333 g/mol. The van der Waals surface area contributed by atoms with E-state index in [0.717, 1.165) is 6.29 Å². The lowest BCUT2D eigenvalue weighted by Gasteiger charge is -2.41. The molecule has 0 radical (unpaired) electrons. The highest BCUT2D eigenvalue weighted by molar-refractivity contribution is 7.80. The lowest BCUT2D eigenvalue weighted by molar-refractivity contribution is -0.110. The van der Waals surface area contributed by atoms with E-state index in [4.69, 9.17) is 0 Å². The lowest BCUT2D eigenvalue weighted by atomic mass is 9.86. The first-order valence-corrected chi connectivity index (χ1v) is 10.1. The third-order valence-electron chi connectivity index (χ3n) is 5.14. The maximum Gasteiger partial charge on any atom is 0.235 e. The van der Waals surface area contributed by atoms with Gasteiger partial charge in [0.1, 0.15) is 6.29 Å². The minimum atomic E-state index is -3.18. The number of carbonyl (C=O) groups is 1. The minimum absolute atomic E-state index is 0.134. The molecule has 1 fully saturated rings. The van der Waals surface area contributed by atoms with E-state index in [1.807, 2.05) is 60.7 Å². The summed E-state index contributed by atoms with van der Waals surface area (Å²) in [6.07, 6.45) is 4.52. The van der Waals surface area contributed by atoms with Crippen molar-refractivity contribution in [2.75, 3.05) is 0 Å². The van der Waals surface area contributed by atoms with Crippen molar-refractivity contribution in [2.45, 2.75) is 36.9 Å². The molecule has 0 bridgehead atoms. The summed E-state index contributed by atoms with van der Waals surface area (Å²) in [4.78, 5) is 26.6. The van der Waals surface area contributed by atoms with E-state index in [9.17, 15) is 14.2 Å². The molecule has 0 unspecified atom stereocenters. The van der Waals surface area contributed by atoms with E-state index in [2.05, 4.69) is 4.99 Å². The highest BCUT2D eigenvalue weighted by atomic mass is 31.2. The number of aldehydes is 1. The zero-order valence-corrected chi connectivity index (χ0v) is 14.8. The summed E-state index contributed by atoms with van der Waals surface area (Å²) in [5.41, 5.74) is 0. The van der Waals surface area contributed by atoms with Gasteiger partial charge in [-0.25, -0.2) is 9.79 Å². The Balaban J connectivity index is 2.13. The number of hydrogen-bond donors (Lipinski definition) is 0. The first kappa shape index (κ1) is 17.5. The van der Waals surface area contributed by atoms with Crippen molar-refractivity contribution >= 4 is 30.1 Å². The molecule has 0 N–H and O–H groups in total. The Kier molecular flexibility index (Phi) is 5.13. The Labute approximate surface area is 147 Å². The maximum absolute atomic E-state index is 14.4. The second kappa shape index (κ2) is 7.31. The summed E-state index contributed by atoms with van der Waals surface area (Å²) in [7, 11) is -3.18. The molecule has 0 amide bonds. The highest BCUT2D eigenvalue weighted by Gasteiger charge is 2.51. The lowest BCUT2D eigenvalue weighted by Crippen LogP contribution is -2.43. The molecule has 128 valence electrons. The van der Waals surface area contributed by atoms with Gasteiger partial charge in [0.25, 0.3) is 0 Å². The maximum atomic E-state index is 14.4. The fourth-order valence-electron chi connectivity index (χ4n) is 3.75. The summed E-state index contributed by atoms with van der Waals surface area (Å²) in [6, 6.07) is 18.4. The van der Waals surface area contributed by atoms with Gasteiger partial charge in [-0.05, 0) is 25.7 Å². The van der Waals surface area contributed by atoms with Crippen molar-refractivity contribution in [3.05, 3.63) is 60.7 Å². The molecule has 2 aromatic rings. The van der Waals surface area contributed by atoms with Crippen LogP contribution < -0.4 is 10.6 Å². The van der Waals surface area contributed by atoms with Crippen LogP contribution >= 0.6 is 7.14 Å². The van der Waals surface area contributed by atoms with Crippen LogP contribution in [0, 0.1) is 0 Å². The molecule has 0 aromatic heterocycles. The van der Waals surface area contributed by atoms with Crippen molar-refractivity contribution in [1.29, 1.82) is 0 Å². The Bertz CT molecular complexity index is 777. The van der Waals surface area contributed by atoms with E-state index in [0.29, 0.717) is 36.3 Å². The molecule has 0 spiro atoms. The van der Waals surface area contributed by atoms with Crippen LogP contribution in [-0.4, -0.2) is 23.6 Å². The number of hydrogen-bond acceptors (Lipinski definition) is 4. The molecule has 0 atom stereocenters. The molecule has 0 saturated heterocycles. The molecule has 2 aromatic carbocycles. The Hall–Kier alpha value is -2.28. The first-order valence-electron chi connectivity index (χ1n) is 8.41. The molecule has 0 heterocycles. The second-order valence-electron chi connectivity index (χ2n) is 6.45. The highest BCUT2D eigenvalue weighted by Crippen LogP contribution is 2.60. The first-order chi connectivity index (χ1) is 12.2. The molecule has 1 aliphatic carbocycles. The summed E-state index contributed by atoms with van der Waals surface area (Å²) in [6.45, 7) is 0. The number of nitrogens with zero attached hydrogens (tertiary/aromatic N) is 1. The summed E-state index contributed by atoms with van der Waals surface area (Å²) in [5, 5.41) is 0.446. The van der Waals surface area contributed by atoms with Crippen LogP contribution in [0.1, 0.15) is 25.7 Å². The fourth-order valence-corrected chi connectivity index (χ4v) is 7.30. The van der Waals surface area contributed by atoms with Gasteiger partial charge in [-0.1, -0.05) is 60.7 Å². The van der Waals surface area contributed by atoms with Crippen LogP contribution in [0.4, 0.5) is 0 Å². The molecule has 1 aliphatic rings. The van der Waals surface area contributed by atoms with E-state index in [1.54, 1.807) is 6.08 Å². The number of aliphatic imine (C=N–C) groups is 1. The van der Waals surface area contributed by atoms with Crippen molar-refractivity contribution in [3.8, 4) is 0 Å². The Morgan fingerprint density at radius 1 is 0.960 bits per heavy atom. The monoisotopic (exact) mass is 353 g/mol. The van der Waals surface area contributed by atoms with Gasteiger partial charge < -0.3 is 9.36 Å². The second-order valence-corrected chi connectivity index (χ2v) is 9.60. The van der Waals surface area contributed by atoms with Gasteiger partial charge in [-0.15, -0.1) is 0 Å². The van der Waals surface area contributed by atoms with Gasteiger partial charge in [-0.3, -0.25) is 0 Å². The molecule has 5 heteroatoms. The van der Waals surface area contributed by atoms with E-state index in [-0.39, 0.29) is 6.04 Å². The van der Waals surface area contributed by atoms with E-state index < -0.39 is 12.3 Å². The molecular formula is C20H20NO3P. The van der Waals surface area contributed by atoms with Gasteiger partial charge in [0.2, 0.25) is 6.08 Å². The number of rotatable bonds is 5. The van der Waals surface area contributed by atoms with Gasteiger partial charge in [0, 0.05) is 10.6 Å². The van der Waals surface area contributed by atoms with Gasteiger partial charge >= 0.3 is 0 Å². The van der Waals surface area contributed by atoms with Crippen LogP contribution in [0.15, 0.2) is 65.7 Å². The van der Waals surface area contributed by atoms with E-state index in [1.165, 1.54) is 0 Å². The van der Waals surface area contributed by atoms with Crippen LogP contribution in [0.5, 0.6) is 0 Å². The predicted molar refractivity (Wildman–Crippen MR) is 98.9 cm³/mol. The standard InChI is InChI=1S/C20H20NO3P/c22-15-20(13-11-17(12-14-20)21-16-23)25(24,18-7-3-1-4-8-18)19-9-5-2-6-10-19/h1-10,15,17H,11-14H2. The molecule has 4 nitrogen and oxygen atoms in total. The average Bonchev–Trinajstić information content (AvgIpc) is 2.69. The predicted octanol–water partition coefficient (Wildman–Crippen LogP) is 3.22. The Morgan fingerprint density at radius 2 is 1.44 bits per heavy atom. The molecule has 3 rings (SSSR count). The third kappa shape index (κ3) is 3.04. The van der Waals surface area contributed by atoms with Crippen molar-refractivity contribution in [2.24, 2.45) is 4.99 Å². The molecule has 25 heavy (non-hydrogen) atoms. The van der Waals surface area contributed by atoms with Crippen LogP contribution in [-0.2, 0) is 14.2 Å². The van der Waals surface area contributed by atoms with Crippen molar-refractivity contribution in [1.82, 2.24) is 0 Å². The largest absolute Gasteiger partial charge is 0.313 e. The van der Waals surface area contributed by atoms with E-state index >= 15 is 0 Å². The normalized spacial score (nSPS) is 23.4. The zero-order chi connectivity index (χ0) is 17.8. The minimum Gasteiger partial charge on any atom is -0.313 e. The molecule has 1 saturated carbocycles. The van der Waals surface area contributed by atoms with Crippen LogP contribution in [0.2, 0.25) is 0 Å². The molecule has 0 aliphatic heterocycles. The van der Waals surface area contributed by atoms with Gasteiger partial charge in [0.05, 0.1) is 11.2 Å². The summed E-state index contributed by atoms with van der Waals surface area (Å²) in [5.74, 6) is 0. The zero-order valence-electron chi connectivity index (χ0n) is 13.9. The fraction of sp³-hybridized carbons (Fsp3) is 0.300. The van der Waals surface area contributed by atoms with Crippen molar-refractivity contribution in [3.63, 3.8) is 0 Å². The van der Waals surface area contributed by atoms with Gasteiger partial charge in [-0.2, -0.15) is 0 Å². The quantitative estimate of drug-likeness (QED) is 0.359. The summed E-state index contributed by atoms with van der Waals surface area (Å²) >= 11 is 0. The van der Waals surface area contributed by atoms with Gasteiger partial charge in [0.15, 0.2) is 7.14 Å². The summed E-state index contributed by atoms with van der Waals surface area (Å²) < 4.78 is 14.4. The van der Waals surface area contributed by atoms with Crippen LogP contribution in [0.25, 0.3) is 0 Å². The van der Waals surface area contributed by atoms with Crippen LogP contribution in [0.3, 0.4) is 0 Å². The number of isocyanates is 1. The smallest absolute Gasteiger partial charge is 0.235 e. The Morgan fingerprint density at radius 3 is 1.84 bits per heavy atom. The topological polar surface area (TPSA) is 63.6 Å². The average molecular weight is 353 g/mol. The van der Waals surface area contributed by atoms with Crippen molar-refractivity contribution < 1.29 is 14.2 Å². The third-order valence-corrected chi connectivity index (χ3v) is 9.00. The number of benzene rings is 2.